The van der Waals surface area contributed by atoms with Gasteiger partial charge in [-0.3, -0.25) is 14.2 Å². The van der Waals surface area contributed by atoms with E-state index in [4.69, 9.17) is 13.8 Å². The minimum absolute atomic E-state index is 0.0363. The first-order valence-electron chi connectivity index (χ1n) is 35.8. The highest BCUT2D eigenvalue weighted by atomic mass is 31.2. The molecule has 0 saturated carbocycles. The van der Waals surface area contributed by atoms with Gasteiger partial charge >= 0.3 is 5.97 Å². The number of nitrogens with zero attached hydrogens (tertiary/aromatic N) is 1. The Morgan fingerprint density at radius 1 is 0.414 bits per heavy atom. The van der Waals surface area contributed by atoms with Crippen LogP contribution in [-0.4, -0.2) is 69.4 Å². The number of esters is 1. The third-order valence-electron chi connectivity index (χ3n) is 15.4. The van der Waals surface area contributed by atoms with E-state index < -0.39 is 26.6 Å². The predicted octanol–water partition coefficient (Wildman–Crippen LogP) is 22.4. The first-order valence-corrected chi connectivity index (χ1v) is 37.3. The Bertz CT molecular complexity index is 1900. The number of carbonyl (C=O) groups is 2. The zero-order chi connectivity index (χ0) is 63.5. The van der Waals surface area contributed by atoms with E-state index in [0.717, 1.165) is 103 Å². The third-order valence-corrected chi connectivity index (χ3v) is 16.3. The van der Waals surface area contributed by atoms with Crippen molar-refractivity contribution in [3.8, 4) is 0 Å². The van der Waals surface area contributed by atoms with Crippen LogP contribution in [0, 0.1) is 0 Å². The summed E-state index contributed by atoms with van der Waals surface area (Å²) in [5.74, 6) is -0.592. The minimum atomic E-state index is -4.73. The molecule has 0 aliphatic carbocycles. The van der Waals surface area contributed by atoms with Crippen molar-refractivity contribution in [3.05, 3.63) is 122 Å². The Kier molecular flexibility index (Phi) is 62.7. The van der Waals surface area contributed by atoms with Crippen LogP contribution in [-0.2, 0) is 27.9 Å². The summed E-state index contributed by atoms with van der Waals surface area (Å²) in [4.78, 5) is 40.2. The molecule has 0 saturated heterocycles. The van der Waals surface area contributed by atoms with Gasteiger partial charge in [-0.05, 0) is 122 Å². The van der Waals surface area contributed by atoms with E-state index in [1.807, 2.05) is 33.3 Å². The van der Waals surface area contributed by atoms with E-state index in [-0.39, 0.29) is 31.3 Å². The number of carbonyl (C=O) groups excluding carboxylic acids is 2. The normalized spacial score (nSPS) is 14.2. The Morgan fingerprint density at radius 2 is 0.736 bits per heavy atom. The van der Waals surface area contributed by atoms with E-state index in [0.29, 0.717) is 17.4 Å². The van der Waals surface area contributed by atoms with Crippen LogP contribution < -0.4 is 10.2 Å². The van der Waals surface area contributed by atoms with Crippen LogP contribution in [0.4, 0.5) is 0 Å². The van der Waals surface area contributed by atoms with Gasteiger partial charge < -0.3 is 28.5 Å². The largest absolute Gasteiger partial charge is 0.756 e. The van der Waals surface area contributed by atoms with E-state index >= 15 is 0 Å². The molecule has 10 heteroatoms. The maximum atomic E-state index is 13.6. The van der Waals surface area contributed by atoms with Gasteiger partial charge in [0.2, 0.25) is 5.91 Å². The van der Waals surface area contributed by atoms with Crippen LogP contribution in [0.3, 0.4) is 0 Å². The van der Waals surface area contributed by atoms with Crippen molar-refractivity contribution in [3.63, 3.8) is 0 Å². The number of nitrogens with one attached hydrogen (secondary N) is 1. The zero-order valence-electron chi connectivity index (χ0n) is 57.2. The van der Waals surface area contributed by atoms with Gasteiger partial charge in [0, 0.05) is 12.8 Å². The predicted molar refractivity (Wildman–Crippen MR) is 376 cm³/mol. The molecule has 0 fully saturated rings. The van der Waals surface area contributed by atoms with Crippen LogP contribution in [0.15, 0.2) is 122 Å². The lowest BCUT2D eigenvalue weighted by Gasteiger charge is -2.30. The van der Waals surface area contributed by atoms with E-state index in [1.165, 1.54) is 161 Å². The zero-order valence-corrected chi connectivity index (χ0v) is 58.1. The van der Waals surface area contributed by atoms with E-state index in [9.17, 15) is 19.0 Å². The van der Waals surface area contributed by atoms with Crippen molar-refractivity contribution in [2.45, 2.75) is 315 Å². The Morgan fingerprint density at radius 3 is 1.14 bits per heavy atom. The van der Waals surface area contributed by atoms with Gasteiger partial charge in [0.25, 0.3) is 7.82 Å². The van der Waals surface area contributed by atoms with Crippen LogP contribution in [0.2, 0.25) is 0 Å². The Labute approximate surface area is 537 Å². The number of phosphoric acid groups is 1. The number of likely N-dealkylation sites (N-methyl/N-ethyl adjacent to an activating group) is 1. The van der Waals surface area contributed by atoms with Gasteiger partial charge in [0.15, 0.2) is 0 Å². The fraction of sp³-hybridized carbons (Fsp3) is 0.714. The summed E-state index contributed by atoms with van der Waals surface area (Å²) in [5.41, 5.74) is 0. The van der Waals surface area contributed by atoms with E-state index in [1.54, 1.807) is 0 Å². The molecule has 0 aromatic carbocycles. The lowest BCUT2D eigenvalue weighted by molar-refractivity contribution is -0.870. The summed E-state index contributed by atoms with van der Waals surface area (Å²) in [5, 5.41) is 3.02. The lowest BCUT2D eigenvalue weighted by atomic mass is 10.0. The van der Waals surface area contributed by atoms with E-state index in [2.05, 4.69) is 135 Å². The number of ether oxygens (including phenoxy) is 1. The minimum Gasteiger partial charge on any atom is -0.756 e. The molecule has 3 unspecified atom stereocenters. The second-order valence-corrected chi connectivity index (χ2v) is 26.4. The number of hydrogen-bond donors (Lipinski definition) is 1. The summed E-state index contributed by atoms with van der Waals surface area (Å²) in [6, 6.07) is -0.920. The molecule has 0 rings (SSSR count). The third kappa shape index (κ3) is 66.7. The smallest absolute Gasteiger partial charge is 0.306 e. The quantitative estimate of drug-likeness (QED) is 0.0212. The monoisotopic (exact) mass is 1230 g/mol. The molecule has 0 spiro atoms. The molecular weight excluding hydrogens is 1100 g/mol. The maximum Gasteiger partial charge on any atom is 0.306 e. The van der Waals surface area contributed by atoms with Gasteiger partial charge in [-0.15, -0.1) is 0 Å². The Hall–Kier alpha value is -3.59. The van der Waals surface area contributed by atoms with Gasteiger partial charge in [0.05, 0.1) is 33.8 Å². The maximum absolute atomic E-state index is 13.6. The number of allylic oxidation sites excluding steroid dienone is 19. The number of phosphoric ester groups is 1. The topological polar surface area (TPSA) is 114 Å². The molecule has 0 aliphatic rings. The number of hydrogen-bond acceptors (Lipinski definition) is 7. The number of unbranched alkanes of at least 4 members (excludes halogenated alkanes) is 30. The molecular formula is C77H135N2O7P. The number of rotatable bonds is 64. The highest BCUT2D eigenvalue weighted by Gasteiger charge is 2.27. The lowest BCUT2D eigenvalue weighted by Crippen LogP contribution is -2.47. The number of amides is 1. The summed E-state index contributed by atoms with van der Waals surface area (Å²) < 4.78 is 30.4. The molecule has 0 aromatic heterocycles. The second-order valence-electron chi connectivity index (χ2n) is 25.0. The number of quaternary nitrogens is 1. The van der Waals surface area contributed by atoms with Gasteiger partial charge in [-0.2, -0.15) is 0 Å². The molecule has 0 heterocycles. The summed E-state index contributed by atoms with van der Waals surface area (Å²) in [6.07, 6.45) is 91.8. The molecule has 500 valence electrons. The van der Waals surface area contributed by atoms with Crippen LogP contribution in [0.1, 0.15) is 303 Å². The SMILES string of the molecule is CC/C=C\C/C=C\C/C=C\C/C=C\C/C=C\C/C=C\CCCCC(=O)NC(COP(=O)([O-])OCC[N+](C)(C)C)C(/C=C\CCCCCCCCCCCCC)OC(=O)CCCCCCCCCCCCCCCC/C=C\C/C=C\C/C=C\CCCCC. The molecule has 0 aromatic rings. The average molecular weight is 1230 g/mol. The Balaban J connectivity index is 5.15. The molecule has 1 N–H and O–H groups in total. The van der Waals surface area contributed by atoms with Crippen LogP contribution in [0.5, 0.6) is 0 Å². The van der Waals surface area contributed by atoms with Crippen molar-refractivity contribution in [1.29, 1.82) is 0 Å². The van der Waals surface area contributed by atoms with Gasteiger partial charge in [-0.25, -0.2) is 0 Å². The van der Waals surface area contributed by atoms with Crippen LogP contribution >= 0.6 is 7.82 Å². The molecule has 9 nitrogen and oxygen atoms in total. The average Bonchev–Trinajstić information content (AvgIpc) is 3.69. The molecule has 87 heavy (non-hydrogen) atoms. The fourth-order valence-corrected chi connectivity index (χ4v) is 10.6. The summed E-state index contributed by atoms with van der Waals surface area (Å²) >= 11 is 0. The van der Waals surface area contributed by atoms with Gasteiger partial charge in [0.1, 0.15) is 19.3 Å². The summed E-state index contributed by atoms with van der Waals surface area (Å²) in [6.45, 7) is 6.68. The highest BCUT2D eigenvalue weighted by Crippen LogP contribution is 2.38. The van der Waals surface area contributed by atoms with Crippen molar-refractivity contribution >= 4 is 19.7 Å². The second kappa shape index (κ2) is 65.4. The van der Waals surface area contributed by atoms with Gasteiger partial charge in [-0.1, -0.05) is 290 Å². The molecule has 0 bridgehead atoms. The standard InChI is InChI=1S/C77H135N2O7P/c1-7-10-13-16-19-22-25-28-30-32-34-36-37-38-39-40-41-43-45-47-49-52-55-58-61-64-67-70-77(81)86-75(68-65-62-59-56-53-50-27-24-21-18-15-12-9-3)74(73-85-87(82,83)84-72-71-79(4,5)6)78-76(80)69-66-63-60-57-54-51-48-46-44-42-35-33-31-29-26-23-20-17-14-11-8-2/h11,14,19-20,22-23,28-31,34-36,42,46,48,54,57,65,68,74-75H,7-10,12-13,15-18,21,24-27,32-33,37-41,43-45,47,49-53,55-56,58-64,66-67,69-73H2,1-6H3,(H-,78,80,82,83)/b14-11-,22-19-,23-20-,30-28-,31-29-,36-34-,42-35-,48-46-,57-54-,68-65-. The van der Waals surface area contributed by atoms with Crippen LogP contribution in [0.25, 0.3) is 0 Å². The van der Waals surface area contributed by atoms with Crippen molar-refractivity contribution < 1.29 is 37.3 Å². The molecule has 3 atom stereocenters. The fourth-order valence-electron chi connectivity index (χ4n) is 9.89. The van der Waals surface area contributed by atoms with Crippen molar-refractivity contribution in [2.75, 3.05) is 40.9 Å². The molecule has 0 aliphatic heterocycles. The summed E-state index contributed by atoms with van der Waals surface area (Å²) in [7, 11) is 1.15. The first-order chi connectivity index (χ1) is 42.4. The molecule has 0 radical (unpaired) electrons. The molecule has 1 amide bonds. The first kappa shape index (κ1) is 83.4. The van der Waals surface area contributed by atoms with Crippen molar-refractivity contribution in [1.82, 2.24) is 5.32 Å². The van der Waals surface area contributed by atoms with Crippen molar-refractivity contribution in [2.24, 2.45) is 0 Å². The highest BCUT2D eigenvalue weighted by molar-refractivity contribution is 7.45.